The fourth-order valence-electron chi connectivity index (χ4n) is 4.68. The molecule has 2 aliphatic rings. The summed E-state index contributed by atoms with van der Waals surface area (Å²) >= 11 is 0. The van der Waals surface area contributed by atoms with Gasteiger partial charge in [0.2, 0.25) is 5.91 Å². The second kappa shape index (κ2) is 9.03. The van der Waals surface area contributed by atoms with E-state index in [0.717, 1.165) is 37.3 Å². The lowest BCUT2D eigenvalue weighted by molar-refractivity contribution is -0.136. The van der Waals surface area contributed by atoms with Crippen LogP contribution in [0.25, 0.3) is 0 Å². The van der Waals surface area contributed by atoms with Gasteiger partial charge in [-0.25, -0.2) is 0 Å². The van der Waals surface area contributed by atoms with Gasteiger partial charge < -0.3 is 9.80 Å². The Hall–Kier alpha value is -1.36. The molecule has 146 valence electrons. The number of hydrogen-bond acceptors (Lipinski definition) is 3. The average Bonchev–Trinajstić information content (AvgIpc) is 2.81. The standard InChI is InChI=1S/C21H36N4O/c1-17-14-18(2)25(22-17)19(3)15-21(26)24-13-9-6-10-20(24)16-23-11-7-4-5-8-12-23/h14,19-20H,4-13,15-16H2,1-3H3/t19-,20+/m1/s1. The minimum Gasteiger partial charge on any atom is -0.338 e. The Labute approximate surface area is 158 Å². The van der Waals surface area contributed by atoms with Crippen LogP contribution in [0, 0.1) is 13.8 Å². The van der Waals surface area contributed by atoms with Crippen LogP contribution in [0.5, 0.6) is 0 Å². The molecular weight excluding hydrogens is 324 g/mol. The van der Waals surface area contributed by atoms with Gasteiger partial charge in [0.1, 0.15) is 0 Å². The van der Waals surface area contributed by atoms with Crippen LogP contribution in [0.4, 0.5) is 0 Å². The van der Waals surface area contributed by atoms with Crippen molar-refractivity contribution in [1.29, 1.82) is 0 Å². The second-order valence-electron chi connectivity index (χ2n) is 8.38. The van der Waals surface area contributed by atoms with Gasteiger partial charge in [-0.1, -0.05) is 12.8 Å². The molecule has 3 rings (SSSR count). The third kappa shape index (κ3) is 4.87. The Balaban J connectivity index is 1.60. The monoisotopic (exact) mass is 360 g/mol. The normalized spacial score (nSPS) is 23.7. The summed E-state index contributed by atoms with van der Waals surface area (Å²) in [4.78, 5) is 17.9. The van der Waals surface area contributed by atoms with E-state index in [1.807, 2.05) is 11.6 Å². The maximum atomic E-state index is 13.1. The summed E-state index contributed by atoms with van der Waals surface area (Å²) in [7, 11) is 0. The fourth-order valence-corrected chi connectivity index (χ4v) is 4.68. The molecule has 5 nitrogen and oxygen atoms in total. The van der Waals surface area contributed by atoms with Crippen molar-refractivity contribution in [2.24, 2.45) is 0 Å². The van der Waals surface area contributed by atoms with Crippen molar-refractivity contribution >= 4 is 5.91 Å². The predicted octanol–water partition coefficient (Wildman–Crippen LogP) is 3.71. The molecule has 1 amide bonds. The minimum atomic E-state index is 0.122. The highest BCUT2D eigenvalue weighted by Gasteiger charge is 2.29. The zero-order valence-corrected chi connectivity index (χ0v) is 16.9. The van der Waals surface area contributed by atoms with E-state index in [2.05, 4.69) is 34.8 Å². The van der Waals surface area contributed by atoms with Crippen molar-refractivity contribution in [3.8, 4) is 0 Å². The van der Waals surface area contributed by atoms with Gasteiger partial charge in [-0.05, 0) is 72.0 Å². The van der Waals surface area contributed by atoms with Crippen LogP contribution in [0.2, 0.25) is 0 Å². The Morgan fingerprint density at radius 2 is 1.81 bits per heavy atom. The number of carbonyl (C=O) groups is 1. The minimum absolute atomic E-state index is 0.122. The first-order valence-electron chi connectivity index (χ1n) is 10.6. The number of rotatable bonds is 5. The fraction of sp³-hybridized carbons (Fsp3) is 0.810. The van der Waals surface area contributed by atoms with Crippen LogP contribution in [0.3, 0.4) is 0 Å². The third-order valence-electron chi connectivity index (χ3n) is 6.05. The van der Waals surface area contributed by atoms with Crippen LogP contribution in [0.15, 0.2) is 6.07 Å². The summed E-state index contributed by atoms with van der Waals surface area (Å²) in [5, 5.41) is 4.57. The van der Waals surface area contributed by atoms with Gasteiger partial charge in [-0.15, -0.1) is 0 Å². The van der Waals surface area contributed by atoms with Gasteiger partial charge in [0, 0.05) is 31.2 Å². The Kier molecular flexibility index (Phi) is 6.74. The average molecular weight is 361 g/mol. The van der Waals surface area contributed by atoms with Gasteiger partial charge in [0.25, 0.3) is 0 Å². The smallest absolute Gasteiger partial charge is 0.225 e. The quantitative estimate of drug-likeness (QED) is 0.804. The van der Waals surface area contributed by atoms with Crippen molar-refractivity contribution < 1.29 is 4.79 Å². The molecule has 0 aliphatic carbocycles. The van der Waals surface area contributed by atoms with E-state index in [0.29, 0.717) is 18.4 Å². The molecule has 0 N–H and O–H groups in total. The molecule has 3 heterocycles. The summed E-state index contributed by atoms with van der Waals surface area (Å²) in [6.45, 7) is 10.6. The molecule has 26 heavy (non-hydrogen) atoms. The highest BCUT2D eigenvalue weighted by Crippen LogP contribution is 2.23. The zero-order valence-electron chi connectivity index (χ0n) is 16.9. The van der Waals surface area contributed by atoms with Gasteiger partial charge in [-0.2, -0.15) is 5.10 Å². The molecule has 2 aliphatic heterocycles. The number of aromatic nitrogens is 2. The number of hydrogen-bond donors (Lipinski definition) is 0. The number of amides is 1. The number of piperidine rings is 1. The second-order valence-corrected chi connectivity index (χ2v) is 8.38. The van der Waals surface area contributed by atoms with Crippen LogP contribution < -0.4 is 0 Å². The number of carbonyl (C=O) groups excluding carboxylic acids is 1. The van der Waals surface area contributed by atoms with Crippen LogP contribution >= 0.6 is 0 Å². The summed E-state index contributed by atoms with van der Waals surface area (Å²) in [5.74, 6) is 0.310. The largest absolute Gasteiger partial charge is 0.338 e. The van der Waals surface area contributed by atoms with E-state index in [1.54, 1.807) is 0 Å². The van der Waals surface area contributed by atoms with Gasteiger partial charge >= 0.3 is 0 Å². The van der Waals surface area contributed by atoms with E-state index in [4.69, 9.17) is 0 Å². The summed E-state index contributed by atoms with van der Waals surface area (Å²) in [6.07, 6.45) is 9.49. The molecule has 0 saturated carbocycles. The number of aryl methyl sites for hydroxylation is 2. The molecule has 0 aromatic carbocycles. The van der Waals surface area contributed by atoms with Gasteiger partial charge in [0.15, 0.2) is 0 Å². The Bertz CT molecular complexity index is 589. The molecule has 0 unspecified atom stereocenters. The maximum Gasteiger partial charge on any atom is 0.225 e. The third-order valence-corrected chi connectivity index (χ3v) is 6.05. The van der Waals surface area contributed by atoms with Crippen LogP contribution in [-0.4, -0.2) is 57.7 Å². The lowest BCUT2D eigenvalue weighted by Gasteiger charge is -2.39. The summed E-state index contributed by atoms with van der Waals surface area (Å²) in [5.41, 5.74) is 2.17. The van der Waals surface area contributed by atoms with Gasteiger partial charge in [0.05, 0.1) is 11.7 Å². The number of likely N-dealkylation sites (tertiary alicyclic amines) is 2. The SMILES string of the molecule is Cc1cc(C)n([C@H](C)CC(=O)N2CCCC[C@H]2CN2CCCCCC2)n1. The summed E-state index contributed by atoms with van der Waals surface area (Å²) in [6, 6.07) is 2.61. The molecule has 2 saturated heterocycles. The van der Waals surface area contributed by atoms with Crippen molar-refractivity contribution in [3.63, 3.8) is 0 Å². The molecule has 2 fully saturated rings. The van der Waals surface area contributed by atoms with E-state index in [1.165, 1.54) is 45.2 Å². The van der Waals surface area contributed by atoms with E-state index >= 15 is 0 Å². The molecular formula is C21H36N4O. The topological polar surface area (TPSA) is 41.4 Å². The molecule has 0 radical (unpaired) electrons. The highest BCUT2D eigenvalue weighted by atomic mass is 16.2. The maximum absolute atomic E-state index is 13.1. The van der Waals surface area contributed by atoms with Crippen molar-refractivity contribution in [1.82, 2.24) is 19.6 Å². The summed E-state index contributed by atoms with van der Waals surface area (Å²) < 4.78 is 2.01. The van der Waals surface area contributed by atoms with E-state index in [-0.39, 0.29) is 6.04 Å². The molecule has 1 aromatic rings. The lowest BCUT2D eigenvalue weighted by atomic mass is 10.00. The Morgan fingerprint density at radius 1 is 1.12 bits per heavy atom. The molecule has 1 aromatic heterocycles. The number of nitrogens with zero attached hydrogens (tertiary/aromatic N) is 4. The zero-order chi connectivity index (χ0) is 18.5. The first kappa shape index (κ1) is 19.4. The van der Waals surface area contributed by atoms with Crippen molar-refractivity contribution in [3.05, 3.63) is 17.5 Å². The van der Waals surface area contributed by atoms with E-state index in [9.17, 15) is 4.79 Å². The molecule has 0 spiro atoms. The highest BCUT2D eigenvalue weighted by molar-refractivity contribution is 5.77. The lowest BCUT2D eigenvalue weighted by Crippen LogP contribution is -2.50. The van der Waals surface area contributed by atoms with E-state index < -0.39 is 0 Å². The van der Waals surface area contributed by atoms with Crippen LogP contribution in [-0.2, 0) is 4.79 Å². The van der Waals surface area contributed by atoms with Crippen molar-refractivity contribution in [2.75, 3.05) is 26.2 Å². The molecule has 5 heteroatoms. The molecule has 2 atom stereocenters. The van der Waals surface area contributed by atoms with Crippen molar-refractivity contribution in [2.45, 2.75) is 84.2 Å². The predicted molar refractivity (Wildman–Crippen MR) is 105 cm³/mol. The van der Waals surface area contributed by atoms with Gasteiger partial charge in [-0.3, -0.25) is 9.48 Å². The Morgan fingerprint density at radius 3 is 2.46 bits per heavy atom. The van der Waals surface area contributed by atoms with Crippen LogP contribution in [0.1, 0.15) is 75.7 Å². The first-order valence-corrected chi connectivity index (χ1v) is 10.6. The first-order chi connectivity index (χ1) is 12.5. The molecule has 0 bridgehead atoms.